The van der Waals surface area contributed by atoms with E-state index < -0.39 is 15.9 Å². The molecule has 2 aromatic rings. The number of para-hydroxylation sites is 1. The molecule has 0 saturated carbocycles. The monoisotopic (exact) mass is 435 g/mol. The summed E-state index contributed by atoms with van der Waals surface area (Å²) in [7, 11) is -1.72. The Labute approximate surface area is 177 Å². The van der Waals surface area contributed by atoms with E-state index >= 15 is 0 Å². The van der Waals surface area contributed by atoms with E-state index in [9.17, 15) is 13.2 Å². The van der Waals surface area contributed by atoms with Gasteiger partial charge in [0.25, 0.3) is 5.91 Å². The average Bonchev–Trinajstić information content (AvgIpc) is 2.70. The van der Waals surface area contributed by atoms with Gasteiger partial charge in [-0.25, -0.2) is 8.42 Å². The van der Waals surface area contributed by atoms with Crippen molar-refractivity contribution in [2.45, 2.75) is 25.2 Å². The average molecular weight is 436 g/mol. The van der Waals surface area contributed by atoms with Gasteiger partial charge in [-0.05, 0) is 49.7 Å². The van der Waals surface area contributed by atoms with E-state index in [1.807, 2.05) is 39.1 Å². The topological polar surface area (TPSA) is 69.7 Å². The number of sulfonamides is 1. The first-order chi connectivity index (χ1) is 13.7. The summed E-state index contributed by atoms with van der Waals surface area (Å²) in [5.41, 5.74) is 2.83. The van der Waals surface area contributed by atoms with Crippen molar-refractivity contribution >= 4 is 33.2 Å². The molecule has 1 heterocycles. The third kappa shape index (κ3) is 4.64. The van der Waals surface area contributed by atoms with Crippen LogP contribution in [0.2, 0.25) is 5.02 Å². The highest BCUT2D eigenvalue weighted by molar-refractivity contribution is 7.89. The van der Waals surface area contributed by atoms with Gasteiger partial charge in [0.1, 0.15) is 0 Å². The van der Waals surface area contributed by atoms with E-state index in [-0.39, 0.29) is 15.5 Å². The molecule has 1 N–H and O–H groups in total. The van der Waals surface area contributed by atoms with Gasteiger partial charge in [-0.2, -0.15) is 4.31 Å². The molecule has 0 bridgehead atoms. The molecule has 29 heavy (non-hydrogen) atoms. The number of rotatable bonds is 5. The van der Waals surface area contributed by atoms with Crippen LogP contribution in [0.25, 0.3) is 0 Å². The van der Waals surface area contributed by atoms with Crippen LogP contribution in [0.1, 0.15) is 28.4 Å². The first-order valence-electron chi connectivity index (χ1n) is 9.62. The molecule has 1 aliphatic heterocycles. The van der Waals surface area contributed by atoms with Gasteiger partial charge in [0.05, 0.1) is 15.5 Å². The van der Waals surface area contributed by atoms with Gasteiger partial charge in [0.15, 0.2) is 0 Å². The van der Waals surface area contributed by atoms with E-state index in [4.69, 9.17) is 11.6 Å². The van der Waals surface area contributed by atoms with Crippen LogP contribution in [-0.4, -0.2) is 56.8 Å². The Morgan fingerprint density at radius 1 is 1.14 bits per heavy atom. The number of piperazine rings is 1. The molecule has 0 radical (unpaired) electrons. The standard InChI is InChI=1S/C21H26ClN3O3S/c1-4-16-7-5-6-15(2)20(16)23-21(26)18-14-17(8-9-19(18)22)29(27,28)25-12-10-24(3)11-13-25/h5-9,14H,4,10-13H2,1-3H3,(H,23,26). The van der Waals surface area contributed by atoms with Crippen molar-refractivity contribution in [2.75, 3.05) is 38.5 Å². The van der Waals surface area contributed by atoms with Crippen molar-refractivity contribution in [3.8, 4) is 0 Å². The lowest BCUT2D eigenvalue weighted by molar-refractivity contribution is 0.102. The number of nitrogens with zero attached hydrogens (tertiary/aromatic N) is 2. The molecule has 3 rings (SSSR count). The van der Waals surface area contributed by atoms with Crippen LogP contribution in [0.3, 0.4) is 0 Å². The number of nitrogens with one attached hydrogen (secondary N) is 1. The highest BCUT2D eigenvalue weighted by Gasteiger charge is 2.28. The van der Waals surface area contributed by atoms with Gasteiger partial charge in [0.2, 0.25) is 10.0 Å². The van der Waals surface area contributed by atoms with Crippen molar-refractivity contribution in [3.63, 3.8) is 0 Å². The molecule has 0 aromatic heterocycles. The maximum atomic E-state index is 13.0. The van der Waals surface area contributed by atoms with Crippen LogP contribution >= 0.6 is 11.6 Å². The second-order valence-electron chi connectivity index (χ2n) is 7.27. The van der Waals surface area contributed by atoms with Crippen molar-refractivity contribution in [2.24, 2.45) is 0 Å². The second-order valence-corrected chi connectivity index (χ2v) is 9.61. The van der Waals surface area contributed by atoms with E-state index in [0.29, 0.717) is 26.2 Å². The minimum absolute atomic E-state index is 0.0806. The highest BCUT2D eigenvalue weighted by Crippen LogP contribution is 2.26. The Hall–Kier alpha value is -1.93. The molecule has 2 aromatic carbocycles. The molecule has 6 nitrogen and oxygen atoms in total. The minimum Gasteiger partial charge on any atom is -0.321 e. The van der Waals surface area contributed by atoms with Gasteiger partial charge >= 0.3 is 0 Å². The number of anilines is 1. The number of aryl methyl sites for hydroxylation is 2. The van der Waals surface area contributed by atoms with Crippen LogP contribution < -0.4 is 5.32 Å². The smallest absolute Gasteiger partial charge is 0.257 e. The summed E-state index contributed by atoms with van der Waals surface area (Å²) in [5.74, 6) is -0.422. The SMILES string of the molecule is CCc1cccc(C)c1NC(=O)c1cc(S(=O)(=O)N2CCN(C)CC2)ccc1Cl. The molecule has 0 atom stereocenters. The van der Waals surface area contributed by atoms with Gasteiger partial charge in [-0.3, -0.25) is 4.79 Å². The molecule has 0 aliphatic carbocycles. The normalized spacial score (nSPS) is 16.0. The van der Waals surface area contributed by atoms with Gasteiger partial charge in [0, 0.05) is 31.9 Å². The second kappa shape index (κ2) is 8.83. The zero-order valence-electron chi connectivity index (χ0n) is 16.9. The van der Waals surface area contributed by atoms with Gasteiger partial charge in [-0.1, -0.05) is 36.7 Å². The zero-order chi connectivity index (χ0) is 21.2. The van der Waals surface area contributed by atoms with Crippen LogP contribution in [0.15, 0.2) is 41.3 Å². The number of halogens is 1. The summed E-state index contributed by atoms with van der Waals surface area (Å²) in [6.07, 6.45) is 0.767. The lowest BCUT2D eigenvalue weighted by Crippen LogP contribution is -2.47. The molecular formula is C21H26ClN3O3S. The van der Waals surface area contributed by atoms with Crippen molar-refractivity contribution in [3.05, 3.63) is 58.1 Å². The fourth-order valence-corrected chi connectivity index (χ4v) is 5.05. The van der Waals surface area contributed by atoms with E-state index in [2.05, 4.69) is 10.2 Å². The summed E-state index contributed by atoms with van der Waals surface area (Å²) in [6, 6.07) is 10.1. The van der Waals surface area contributed by atoms with Crippen LogP contribution in [0.4, 0.5) is 5.69 Å². The van der Waals surface area contributed by atoms with Crippen molar-refractivity contribution in [1.82, 2.24) is 9.21 Å². The third-order valence-corrected chi connectivity index (χ3v) is 7.49. The summed E-state index contributed by atoms with van der Waals surface area (Å²) in [6.45, 7) is 6.13. The Morgan fingerprint density at radius 2 is 1.83 bits per heavy atom. The molecule has 1 aliphatic rings. The predicted octanol–water partition coefficient (Wildman–Crippen LogP) is 3.40. The van der Waals surface area contributed by atoms with Crippen LogP contribution in [-0.2, 0) is 16.4 Å². The van der Waals surface area contributed by atoms with Gasteiger partial charge in [-0.15, -0.1) is 0 Å². The lowest BCUT2D eigenvalue weighted by atomic mass is 10.1. The summed E-state index contributed by atoms with van der Waals surface area (Å²) < 4.78 is 27.5. The molecular weight excluding hydrogens is 410 g/mol. The molecule has 156 valence electrons. The molecule has 0 spiro atoms. The maximum Gasteiger partial charge on any atom is 0.257 e. The summed E-state index contributed by atoms with van der Waals surface area (Å²) in [5, 5.41) is 3.13. The summed E-state index contributed by atoms with van der Waals surface area (Å²) >= 11 is 6.25. The van der Waals surface area contributed by atoms with E-state index in [1.165, 1.54) is 22.5 Å². The number of carbonyl (C=O) groups excluding carboxylic acids is 1. The first kappa shape index (κ1) is 21.8. The van der Waals surface area contributed by atoms with Crippen LogP contribution in [0, 0.1) is 6.92 Å². The number of benzene rings is 2. The summed E-state index contributed by atoms with van der Waals surface area (Å²) in [4.78, 5) is 15.1. The van der Waals surface area contributed by atoms with Crippen LogP contribution in [0.5, 0.6) is 0 Å². The quantitative estimate of drug-likeness (QED) is 0.781. The Balaban J connectivity index is 1.91. The number of likely N-dealkylation sites (N-methyl/N-ethyl adjacent to an activating group) is 1. The Bertz CT molecular complexity index is 1020. The molecule has 0 unspecified atom stereocenters. The van der Waals surface area contributed by atoms with E-state index in [1.54, 1.807) is 0 Å². The third-order valence-electron chi connectivity index (χ3n) is 5.26. The maximum absolute atomic E-state index is 13.0. The fraction of sp³-hybridized carbons (Fsp3) is 0.381. The Morgan fingerprint density at radius 3 is 2.48 bits per heavy atom. The largest absolute Gasteiger partial charge is 0.321 e. The van der Waals surface area contributed by atoms with Crippen molar-refractivity contribution < 1.29 is 13.2 Å². The zero-order valence-corrected chi connectivity index (χ0v) is 18.5. The number of carbonyl (C=O) groups is 1. The lowest BCUT2D eigenvalue weighted by Gasteiger charge is -2.31. The number of hydrogen-bond acceptors (Lipinski definition) is 4. The first-order valence-corrected chi connectivity index (χ1v) is 11.4. The predicted molar refractivity (Wildman–Crippen MR) is 116 cm³/mol. The van der Waals surface area contributed by atoms with Crippen molar-refractivity contribution in [1.29, 1.82) is 0 Å². The molecule has 1 saturated heterocycles. The van der Waals surface area contributed by atoms with E-state index in [0.717, 1.165) is 23.2 Å². The highest BCUT2D eigenvalue weighted by atomic mass is 35.5. The van der Waals surface area contributed by atoms with Gasteiger partial charge < -0.3 is 10.2 Å². The molecule has 1 fully saturated rings. The molecule has 8 heteroatoms. The number of amides is 1. The minimum atomic E-state index is -3.68. The molecule has 1 amide bonds. The Kier molecular flexibility index (Phi) is 6.63. The fourth-order valence-electron chi connectivity index (χ4n) is 3.40. The number of hydrogen-bond donors (Lipinski definition) is 1.